The van der Waals surface area contributed by atoms with E-state index in [-0.39, 0.29) is 5.91 Å². The molecule has 1 aromatic rings. The van der Waals surface area contributed by atoms with Crippen molar-refractivity contribution in [3.8, 4) is 6.07 Å². The van der Waals surface area contributed by atoms with E-state index in [1.165, 1.54) is 30.6 Å². The van der Waals surface area contributed by atoms with Gasteiger partial charge in [0.05, 0.1) is 5.56 Å². The number of nitrogens with one attached hydrogen (secondary N) is 2. The van der Waals surface area contributed by atoms with Gasteiger partial charge in [-0.1, -0.05) is 0 Å². The summed E-state index contributed by atoms with van der Waals surface area (Å²) in [6.07, 6.45) is 4.23. The van der Waals surface area contributed by atoms with Crippen LogP contribution >= 0.6 is 11.3 Å². The number of amides is 1. The van der Waals surface area contributed by atoms with Gasteiger partial charge in [-0.3, -0.25) is 4.79 Å². The zero-order valence-corrected chi connectivity index (χ0v) is 12.8. The van der Waals surface area contributed by atoms with E-state index in [0.717, 1.165) is 19.6 Å². The Labute approximate surface area is 128 Å². The number of nitrogens with zero attached hydrogens (tertiary/aromatic N) is 2. The summed E-state index contributed by atoms with van der Waals surface area (Å²) < 4.78 is 0. The molecular formula is C15H20N4OS. The Morgan fingerprint density at radius 1 is 1.48 bits per heavy atom. The van der Waals surface area contributed by atoms with E-state index in [4.69, 9.17) is 5.26 Å². The highest BCUT2D eigenvalue weighted by atomic mass is 32.1. The van der Waals surface area contributed by atoms with E-state index in [0.29, 0.717) is 29.1 Å². The van der Waals surface area contributed by atoms with Crippen molar-refractivity contribution in [3.05, 3.63) is 17.0 Å². The molecule has 2 bridgehead atoms. The molecule has 2 fully saturated rings. The van der Waals surface area contributed by atoms with E-state index in [2.05, 4.69) is 21.6 Å². The van der Waals surface area contributed by atoms with Crippen molar-refractivity contribution in [2.24, 2.45) is 0 Å². The monoisotopic (exact) mass is 304 g/mol. The maximum absolute atomic E-state index is 12.0. The van der Waals surface area contributed by atoms with Crippen LogP contribution in [0.2, 0.25) is 0 Å². The van der Waals surface area contributed by atoms with E-state index in [1.807, 2.05) is 5.38 Å². The minimum atomic E-state index is -0.00341. The number of hydrogen-bond donors (Lipinski definition) is 2. The molecule has 2 saturated heterocycles. The molecular weight excluding hydrogens is 284 g/mol. The predicted octanol–water partition coefficient (Wildman–Crippen LogP) is 1.77. The van der Waals surface area contributed by atoms with E-state index in [9.17, 15) is 4.79 Å². The summed E-state index contributed by atoms with van der Waals surface area (Å²) >= 11 is 1.40. The highest BCUT2D eigenvalue weighted by Crippen LogP contribution is 2.23. The van der Waals surface area contributed by atoms with Crippen molar-refractivity contribution in [3.63, 3.8) is 0 Å². The zero-order chi connectivity index (χ0) is 14.7. The molecule has 21 heavy (non-hydrogen) atoms. The van der Waals surface area contributed by atoms with Gasteiger partial charge in [0.25, 0.3) is 0 Å². The fraction of sp³-hybridized carbons (Fsp3) is 0.600. The predicted molar refractivity (Wildman–Crippen MR) is 83.3 cm³/mol. The van der Waals surface area contributed by atoms with Crippen LogP contribution in [0.15, 0.2) is 11.4 Å². The smallest absolute Gasteiger partial charge is 0.226 e. The molecule has 2 aliphatic heterocycles. The topological polar surface area (TPSA) is 68.2 Å². The second kappa shape index (κ2) is 6.56. The maximum atomic E-state index is 12.0. The number of likely N-dealkylation sites (tertiary alicyclic amines) is 1. The summed E-state index contributed by atoms with van der Waals surface area (Å²) in [6.45, 7) is 2.92. The van der Waals surface area contributed by atoms with Crippen LogP contribution in [0.25, 0.3) is 0 Å². The van der Waals surface area contributed by atoms with Gasteiger partial charge < -0.3 is 15.5 Å². The molecule has 0 saturated carbocycles. The largest absolute Gasteiger partial charge is 0.317 e. The van der Waals surface area contributed by atoms with Gasteiger partial charge in [-0.2, -0.15) is 5.26 Å². The third-order valence-electron chi connectivity index (χ3n) is 4.30. The van der Waals surface area contributed by atoms with Gasteiger partial charge in [0, 0.05) is 31.6 Å². The average molecular weight is 304 g/mol. The van der Waals surface area contributed by atoms with Gasteiger partial charge in [-0.15, -0.1) is 11.3 Å². The van der Waals surface area contributed by atoms with Gasteiger partial charge in [-0.05, 0) is 37.3 Å². The van der Waals surface area contributed by atoms with Gasteiger partial charge in [0.1, 0.15) is 11.1 Å². The molecule has 1 aromatic heterocycles. The standard InChI is InChI=1S/C15H20N4OS/c16-9-11-5-8-21-15(11)18-14(20)4-7-19-6-3-12-1-2-13(10-19)17-12/h5,8,12-13,17H,1-4,6-7,10H2,(H,18,20). The Bertz CT molecular complexity index is 550. The lowest BCUT2D eigenvalue weighted by Gasteiger charge is -2.23. The SMILES string of the molecule is N#Cc1ccsc1NC(=O)CCN1CCC2CCC(C1)N2. The first-order chi connectivity index (χ1) is 10.2. The fourth-order valence-corrected chi connectivity index (χ4v) is 3.92. The van der Waals surface area contributed by atoms with Crippen molar-refractivity contribution < 1.29 is 4.79 Å². The molecule has 2 unspecified atom stereocenters. The first-order valence-electron chi connectivity index (χ1n) is 7.50. The number of rotatable bonds is 4. The summed E-state index contributed by atoms with van der Waals surface area (Å²) in [5, 5.41) is 17.9. The number of carbonyl (C=O) groups is 1. The van der Waals surface area contributed by atoms with Gasteiger partial charge in [-0.25, -0.2) is 0 Å². The molecule has 2 atom stereocenters. The molecule has 6 heteroatoms. The van der Waals surface area contributed by atoms with Crippen molar-refractivity contribution in [2.75, 3.05) is 25.0 Å². The molecule has 2 N–H and O–H groups in total. The maximum Gasteiger partial charge on any atom is 0.226 e. The van der Waals surface area contributed by atoms with Crippen LogP contribution in [0.1, 0.15) is 31.2 Å². The summed E-state index contributed by atoms with van der Waals surface area (Å²) in [5.74, 6) is -0.00341. The first-order valence-corrected chi connectivity index (χ1v) is 8.38. The molecule has 5 nitrogen and oxygen atoms in total. The lowest BCUT2D eigenvalue weighted by molar-refractivity contribution is -0.116. The molecule has 0 spiro atoms. The third kappa shape index (κ3) is 3.62. The van der Waals surface area contributed by atoms with Crippen LogP contribution in [0.5, 0.6) is 0 Å². The van der Waals surface area contributed by atoms with Gasteiger partial charge >= 0.3 is 0 Å². The van der Waals surface area contributed by atoms with Crippen LogP contribution in [0.4, 0.5) is 5.00 Å². The molecule has 1 amide bonds. The molecule has 0 radical (unpaired) electrons. The average Bonchev–Trinajstić information content (AvgIpc) is 3.04. The Morgan fingerprint density at radius 2 is 2.33 bits per heavy atom. The minimum absolute atomic E-state index is 0.00341. The Balaban J connectivity index is 1.46. The van der Waals surface area contributed by atoms with Gasteiger partial charge in [0.15, 0.2) is 0 Å². The fourth-order valence-electron chi connectivity index (χ4n) is 3.16. The van der Waals surface area contributed by atoms with E-state index in [1.54, 1.807) is 6.07 Å². The quantitative estimate of drug-likeness (QED) is 0.889. The van der Waals surface area contributed by atoms with Crippen LogP contribution in [-0.2, 0) is 4.79 Å². The molecule has 0 aliphatic carbocycles. The number of hydrogen-bond acceptors (Lipinski definition) is 5. The van der Waals surface area contributed by atoms with Crippen molar-refractivity contribution in [1.29, 1.82) is 5.26 Å². The third-order valence-corrected chi connectivity index (χ3v) is 5.13. The van der Waals surface area contributed by atoms with Crippen LogP contribution in [-0.4, -0.2) is 42.5 Å². The first kappa shape index (κ1) is 14.5. The van der Waals surface area contributed by atoms with E-state index >= 15 is 0 Å². The summed E-state index contributed by atoms with van der Waals surface area (Å²) in [7, 11) is 0. The van der Waals surface area contributed by atoms with Crippen LogP contribution < -0.4 is 10.6 Å². The van der Waals surface area contributed by atoms with Crippen molar-refractivity contribution in [1.82, 2.24) is 10.2 Å². The second-order valence-electron chi connectivity index (χ2n) is 5.80. The molecule has 3 rings (SSSR count). The number of anilines is 1. The van der Waals surface area contributed by atoms with Gasteiger partial charge in [0.2, 0.25) is 5.91 Å². The Hall–Kier alpha value is -1.42. The normalized spacial score (nSPS) is 25.3. The highest BCUT2D eigenvalue weighted by Gasteiger charge is 2.29. The summed E-state index contributed by atoms with van der Waals surface area (Å²) in [5.41, 5.74) is 0.546. The molecule has 112 valence electrons. The zero-order valence-electron chi connectivity index (χ0n) is 12.0. The number of thiophene rings is 1. The van der Waals surface area contributed by atoms with Crippen molar-refractivity contribution >= 4 is 22.2 Å². The Morgan fingerprint density at radius 3 is 3.19 bits per heavy atom. The van der Waals surface area contributed by atoms with Crippen molar-refractivity contribution in [2.45, 2.75) is 37.8 Å². The summed E-state index contributed by atoms with van der Waals surface area (Å²) in [6, 6.07) is 5.10. The number of carbonyl (C=O) groups excluding carboxylic acids is 1. The number of nitriles is 1. The lowest BCUT2D eigenvalue weighted by atomic mass is 10.1. The molecule has 0 aromatic carbocycles. The van der Waals surface area contributed by atoms with Crippen LogP contribution in [0, 0.1) is 11.3 Å². The highest BCUT2D eigenvalue weighted by molar-refractivity contribution is 7.14. The lowest BCUT2D eigenvalue weighted by Crippen LogP contribution is -2.36. The molecule has 2 aliphatic rings. The molecule has 3 heterocycles. The van der Waals surface area contributed by atoms with Crippen LogP contribution in [0.3, 0.4) is 0 Å². The summed E-state index contributed by atoms with van der Waals surface area (Å²) in [4.78, 5) is 14.4. The minimum Gasteiger partial charge on any atom is -0.317 e. The second-order valence-corrected chi connectivity index (χ2v) is 6.72. The number of fused-ring (bicyclic) bond motifs is 2. The Kier molecular flexibility index (Phi) is 4.54. The van der Waals surface area contributed by atoms with E-state index < -0.39 is 0 Å².